The van der Waals surface area contributed by atoms with Crippen LogP contribution in [-0.2, 0) is 40.5 Å². The fourth-order valence-electron chi connectivity index (χ4n) is 6.88. The van der Waals surface area contributed by atoms with Gasteiger partial charge in [0.05, 0.1) is 44.2 Å². The normalized spacial score (nSPS) is 13.4. The van der Waals surface area contributed by atoms with Gasteiger partial charge in [0.25, 0.3) is 0 Å². The average Bonchev–Trinajstić information content (AvgIpc) is 4.09. The van der Waals surface area contributed by atoms with Crippen LogP contribution in [0.2, 0.25) is 0 Å². The summed E-state index contributed by atoms with van der Waals surface area (Å²) in [4.78, 5) is 9.33. The minimum absolute atomic E-state index is 0.0611. The number of benzene rings is 4. The van der Waals surface area contributed by atoms with Crippen LogP contribution in [0, 0.1) is 0 Å². The van der Waals surface area contributed by atoms with Crippen molar-refractivity contribution < 1.29 is 50.4 Å². The summed E-state index contributed by atoms with van der Waals surface area (Å²) in [6, 6.07) is 40.6. The molecule has 1 aliphatic rings. The predicted octanol–water partition coefficient (Wildman–Crippen LogP) is 3.57. The number of aromatic nitrogens is 4. The van der Waals surface area contributed by atoms with Crippen LogP contribution in [0.25, 0.3) is 19.6 Å². The molecule has 0 unspecified atom stereocenters. The molecule has 0 atom stereocenters. The molecule has 0 saturated carbocycles. The molecule has 4 aromatic carbocycles. The third-order valence-electron chi connectivity index (χ3n) is 9.50. The van der Waals surface area contributed by atoms with E-state index < -0.39 is 60.1 Å². The van der Waals surface area contributed by atoms with Crippen molar-refractivity contribution >= 4 is 60.1 Å². The molecule has 9 rings (SSSR count). The molecule has 8 aromatic rings. The fraction of sp³-hybridized carbons (Fsp3) is 0. The van der Waals surface area contributed by atoms with Gasteiger partial charge in [-0.05, 0) is 97.1 Å². The van der Waals surface area contributed by atoms with Gasteiger partial charge in [-0.3, -0.25) is 0 Å². The molecule has 8 bridgehead atoms. The van der Waals surface area contributed by atoms with E-state index >= 15 is 0 Å². The Kier molecular flexibility index (Phi) is 10.7. The Hall–Kier alpha value is -7.52. The zero-order valence-corrected chi connectivity index (χ0v) is 36.0. The van der Waals surface area contributed by atoms with Crippen molar-refractivity contribution in [3.63, 3.8) is 0 Å². The van der Waals surface area contributed by atoms with Gasteiger partial charge in [0.2, 0.25) is 0 Å². The van der Waals surface area contributed by atoms with E-state index in [1.807, 2.05) is 0 Å². The number of nitrogens with one attached hydrogen (secondary N) is 4. The average molecular weight is 937 g/mol. The van der Waals surface area contributed by atoms with E-state index in [0.717, 1.165) is 0 Å². The zero-order chi connectivity index (χ0) is 44.7. The van der Waals surface area contributed by atoms with Gasteiger partial charge in [0.1, 0.15) is 23.0 Å². The van der Waals surface area contributed by atoms with Crippen molar-refractivity contribution in [2.24, 2.45) is 0 Å². The van der Waals surface area contributed by atoms with Gasteiger partial charge in [-0.15, -0.1) is 0 Å². The van der Waals surface area contributed by atoms with Crippen LogP contribution in [0.3, 0.4) is 0 Å². The molecule has 0 amide bonds. The van der Waals surface area contributed by atoms with E-state index in [9.17, 15) is 33.7 Å². The minimum atomic E-state index is -4.85. The SMILES string of the molecule is O=S(=O)(Oc1ccccc1)C1=c2ccc([nH]2)=C(S(=O)(=O)Oc2ccccc2)c2ccc([nH]2)C(S(=O)(=O)Oc2ccccc2)=c2ccc([nH]2)=C(S(=O)(=O)Oc2ccccc2)c2ccc1[nH]2. The maximum absolute atomic E-state index is 14.4. The van der Waals surface area contributed by atoms with Gasteiger partial charge in [-0.2, -0.15) is 33.7 Å². The summed E-state index contributed by atoms with van der Waals surface area (Å²) in [5.74, 6) is -0.245. The number of hydrogen-bond acceptors (Lipinski definition) is 12. The van der Waals surface area contributed by atoms with Crippen LogP contribution >= 0.6 is 0 Å². The molecule has 5 heterocycles. The Morgan fingerprint density at radius 1 is 0.250 bits per heavy atom. The Balaban J connectivity index is 1.38. The van der Waals surface area contributed by atoms with Gasteiger partial charge in [0.15, 0.2) is 19.6 Å². The molecule has 324 valence electrons. The molecule has 16 nitrogen and oxygen atoms in total. The highest BCUT2D eigenvalue weighted by Crippen LogP contribution is 2.30. The first-order valence-electron chi connectivity index (χ1n) is 18.9. The fourth-order valence-corrected chi connectivity index (χ4v) is 11.8. The standard InChI is InChI=1S/C44H32N4O12S4/c49-61(50,57-29-13-5-1-6-14-29)41-33-21-23-35(45-33)42(62(51,52)58-30-15-7-2-8-16-30)37-25-27-39(47-37)44(64(55,56)60-32-19-11-4-12-20-32)40-28-26-38(48-40)43(36-24-22-34(41)46-36)63(53,54)59-31-17-9-3-10-18-31/h1-28,45-48H. The van der Waals surface area contributed by atoms with E-state index in [-0.39, 0.29) is 67.2 Å². The smallest absolute Gasteiger partial charge is 0.343 e. The first-order valence-corrected chi connectivity index (χ1v) is 24.6. The molecule has 1 aliphatic heterocycles. The summed E-state index contributed by atoms with van der Waals surface area (Å²) in [5, 5.41) is -0.819. The van der Waals surface area contributed by atoms with Crippen LogP contribution in [0.5, 0.6) is 23.0 Å². The van der Waals surface area contributed by atoms with Crippen molar-refractivity contribution in [3.8, 4) is 23.0 Å². The molecule has 0 spiro atoms. The minimum Gasteiger partial charge on any atom is -0.379 e. The lowest BCUT2D eigenvalue weighted by Gasteiger charge is -2.12. The zero-order valence-electron chi connectivity index (χ0n) is 32.7. The lowest BCUT2D eigenvalue weighted by Crippen LogP contribution is -2.27. The monoisotopic (exact) mass is 936 g/mol. The predicted molar refractivity (Wildman–Crippen MR) is 236 cm³/mol. The highest BCUT2D eigenvalue weighted by molar-refractivity contribution is 7.97. The van der Waals surface area contributed by atoms with E-state index in [0.29, 0.717) is 0 Å². The van der Waals surface area contributed by atoms with E-state index in [2.05, 4.69) is 19.9 Å². The molecule has 20 heteroatoms. The second-order valence-corrected chi connectivity index (χ2v) is 19.8. The van der Waals surface area contributed by atoms with Crippen molar-refractivity contribution in [1.29, 1.82) is 0 Å². The van der Waals surface area contributed by atoms with Crippen LogP contribution in [0.15, 0.2) is 170 Å². The molecular weight excluding hydrogens is 905 g/mol. The summed E-state index contributed by atoms with van der Waals surface area (Å²) < 4.78 is 138. The third kappa shape index (κ3) is 8.37. The van der Waals surface area contributed by atoms with Gasteiger partial charge in [-0.1, -0.05) is 72.8 Å². The Labute approximate surface area is 365 Å². The first-order chi connectivity index (χ1) is 30.7. The summed E-state index contributed by atoms with van der Waals surface area (Å²) in [6.07, 6.45) is 0. The van der Waals surface area contributed by atoms with Crippen molar-refractivity contribution in [2.75, 3.05) is 0 Å². The molecule has 0 radical (unpaired) electrons. The van der Waals surface area contributed by atoms with Crippen molar-refractivity contribution in [3.05, 3.63) is 214 Å². The van der Waals surface area contributed by atoms with Crippen molar-refractivity contribution in [1.82, 2.24) is 19.9 Å². The van der Waals surface area contributed by atoms with Crippen molar-refractivity contribution in [2.45, 2.75) is 0 Å². The molecular formula is C44H32N4O12S4. The number of para-hydroxylation sites is 4. The largest absolute Gasteiger partial charge is 0.379 e. The Morgan fingerprint density at radius 2 is 0.453 bits per heavy atom. The number of fused-ring (bicyclic) bond motifs is 8. The Bertz CT molecular complexity index is 3280. The maximum atomic E-state index is 14.4. The quantitative estimate of drug-likeness (QED) is 0.129. The molecule has 64 heavy (non-hydrogen) atoms. The lowest BCUT2D eigenvalue weighted by molar-refractivity contribution is 0.496. The second kappa shape index (κ2) is 16.3. The molecule has 0 saturated heterocycles. The van der Waals surface area contributed by atoms with Crippen LogP contribution in [0.4, 0.5) is 0 Å². The number of H-pyrrole nitrogens is 4. The van der Waals surface area contributed by atoms with Gasteiger partial charge >= 0.3 is 40.5 Å². The number of rotatable bonds is 12. The molecule has 0 aliphatic carbocycles. The molecule has 4 N–H and O–H groups in total. The molecule has 4 aromatic heterocycles. The van der Waals surface area contributed by atoms with E-state index in [1.165, 1.54) is 97.1 Å². The summed E-state index contributed by atoms with van der Waals surface area (Å²) >= 11 is 0. The van der Waals surface area contributed by atoms with Crippen LogP contribution < -0.4 is 38.1 Å². The third-order valence-corrected chi connectivity index (χ3v) is 14.9. The summed E-state index contributed by atoms with van der Waals surface area (Å²) in [6.45, 7) is 0. The molecule has 0 fully saturated rings. The highest BCUT2D eigenvalue weighted by atomic mass is 32.2. The second-order valence-electron chi connectivity index (χ2n) is 13.9. The lowest BCUT2D eigenvalue weighted by atomic mass is 10.3. The summed E-state index contributed by atoms with van der Waals surface area (Å²) in [5.41, 5.74) is -0.819. The maximum Gasteiger partial charge on any atom is 0.343 e. The van der Waals surface area contributed by atoms with E-state index in [1.54, 1.807) is 72.8 Å². The Morgan fingerprint density at radius 3 is 0.656 bits per heavy atom. The van der Waals surface area contributed by atoms with E-state index in [4.69, 9.17) is 16.7 Å². The number of hydrogen-bond donors (Lipinski definition) is 4. The number of aromatic amines is 4. The van der Waals surface area contributed by atoms with Gasteiger partial charge < -0.3 is 36.7 Å². The van der Waals surface area contributed by atoms with Crippen LogP contribution in [0.1, 0.15) is 22.8 Å². The highest BCUT2D eigenvalue weighted by Gasteiger charge is 2.33. The van der Waals surface area contributed by atoms with Crippen LogP contribution in [-0.4, -0.2) is 53.6 Å². The topological polar surface area (TPSA) is 237 Å². The van der Waals surface area contributed by atoms with Gasteiger partial charge in [-0.25, -0.2) is 0 Å². The summed E-state index contributed by atoms with van der Waals surface area (Å²) in [7, 11) is -19.4. The van der Waals surface area contributed by atoms with Gasteiger partial charge in [0, 0.05) is 0 Å². The first kappa shape index (κ1) is 41.8.